The fraction of sp³-hybridized carbons (Fsp3) is 0.120. The third-order valence-electron chi connectivity index (χ3n) is 6.46. The molecule has 0 aromatic heterocycles. The average molecular weight is 331 g/mol. The van der Waals surface area contributed by atoms with Crippen LogP contribution in [-0.2, 0) is 13.1 Å². The van der Waals surface area contributed by atoms with Gasteiger partial charge in [0, 0.05) is 19.6 Å². The van der Waals surface area contributed by atoms with Crippen molar-refractivity contribution in [3.63, 3.8) is 0 Å². The fourth-order valence-electron chi connectivity index (χ4n) is 5.57. The summed E-state index contributed by atoms with van der Waals surface area (Å²) in [5.74, 6) is 0. The minimum Gasteiger partial charge on any atom is -0.291 e. The lowest BCUT2D eigenvalue weighted by Gasteiger charge is -2.29. The summed E-state index contributed by atoms with van der Waals surface area (Å²) >= 11 is 0. The molecular formula is C25H17N. The highest BCUT2D eigenvalue weighted by molar-refractivity contribution is 6.44. The lowest BCUT2D eigenvalue weighted by Crippen LogP contribution is -2.26. The molecule has 1 aliphatic heterocycles. The first kappa shape index (κ1) is 13.3. The third-order valence-corrected chi connectivity index (χ3v) is 6.46. The zero-order valence-corrected chi connectivity index (χ0v) is 14.5. The van der Waals surface area contributed by atoms with Crippen molar-refractivity contribution in [2.45, 2.75) is 13.1 Å². The zero-order chi connectivity index (χ0) is 17.0. The van der Waals surface area contributed by atoms with Gasteiger partial charge in [0.1, 0.15) is 0 Å². The normalized spacial score (nSPS) is 15.5. The molecule has 0 radical (unpaired) electrons. The first-order valence-corrected chi connectivity index (χ1v) is 9.36. The van der Waals surface area contributed by atoms with Crippen LogP contribution in [0.1, 0.15) is 11.1 Å². The second-order valence-corrected chi connectivity index (χ2v) is 7.87. The topological polar surface area (TPSA) is 3.24 Å². The van der Waals surface area contributed by atoms with Crippen LogP contribution in [0, 0.1) is 0 Å². The molecule has 1 nitrogen and oxygen atoms in total. The van der Waals surface area contributed by atoms with Crippen molar-refractivity contribution in [3.8, 4) is 0 Å². The van der Waals surface area contributed by atoms with E-state index in [-0.39, 0.29) is 0 Å². The van der Waals surface area contributed by atoms with Gasteiger partial charge in [-0.05, 0) is 77.1 Å². The first-order chi connectivity index (χ1) is 12.8. The predicted molar refractivity (Wildman–Crippen MR) is 112 cm³/mol. The highest BCUT2D eigenvalue weighted by atomic mass is 15.1. The molecule has 0 amide bonds. The average Bonchev–Trinajstić information content (AvgIpc) is 3.02. The Hall–Kier alpha value is -2.90. The monoisotopic (exact) mass is 331 g/mol. The summed E-state index contributed by atoms with van der Waals surface area (Å²) in [6.45, 7) is 6.91. The quantitative estimate of drug-likeness (QED) is 0.267. The van der Waals surface area contributed by atoms with E-state index in [1.54, 1.807) is 0 Å². The fourth-order valence-corrected chi connectivity index (χ4v) is 5.57. The van der Waals surface area contributed by atoms with Crippen molar-refractivity contribution in [3.05, 3.63) is 72.3 Å². The predicted octanol–water partition coefficient (Wildman–Crippen LogP) is 6.27. The van der Waals surface area contributed by atoms with Crippen molar-refractivity contribution in [2.75, 3.05) is 6.54 Å². The van der Waals surface area contributed by atoms with Gasteiger partial charge in [-0.2, -0.15) is 0 Å². The van der Waals surface area contributed by atoms with E-state index in [2.05, 4.69) is 60.0 Å². The third kappa shape index (κ3) is 1.36. The van der Waals surface area contributed by atoms with E-state index in [1.807, 2.05) is 6.08 Å². The minimum absolute atomic E-state index is 0.940. The van der Waals surface area contributed by atoms with Gasteiger partial charge in [-0.1, -0.05) is 42.5 Å². The lowest BCUT2D eigenvalue weighted by molar-refractivity contribution is 0.282. The van der Waals surface area contributed by atoms with Crippen molar-refractivity contribution < 1.29 is 0 Å². The van der Waals surface area contributed by atoms with Gasteiger partial charge in [-0.15, -0.1) is 6.58 Å². The van der Waals surface area contributed by atoms with Crippen molar-refractivity contribution in [1.29, 1.82) is 0 Å². The molecule has 1 aliphatic rings. The van der Waals surface area contributed by atoms with E-state index >= 15 is 0 Å². The Morgan fingerprint density at radius 1 is 0.654 bits per heavy atom. The molecule has 0 unspecified atom stereocenters. The van der Waals surface area contributed by atoms with Crippen LogP contribution in [0.4, 0.5) is 0 Å². The molecule has 0 N–H and O–H groups in total. The molecule has 0 saturated carbocycles. The molecule has 1 heteroatoms. The zero-order valence-electron chi connectivity index (χ0n) is 14.5. The van der Waals surface area contributed by atoms with Gasteiger partial charge < -0.3 is 0 Å². The molecule has 6 aromatic carbocycles. The maximum absolute atomic E-state index is 3.94. The summed E-state index contributed by atoms with van der Waals surface area (Å²) in [4.78, 5) is 2.49. The van der Waals surface area contributed by atoms with Crippen LogP contribution in [0.15, 0.2) is 61.2 Å². The summed E-state index contributed by atoms with van der Waals surface area (Å²) in [5, 5.41) is 14.5. The molecule has 1 heterocycles. The SMILES string of the molecule is C=CCN1Cc2cc3ccc4ccc5ccc6cc(c2c2c3c4c5c62)C1. The van der Waals surface area contributed by atoms with Crippen LogP contribution in [0.5, 0.6) is 0 Å². The molecule has 0 atom stereocenters. The van der Waals surface area contributed by atoms with E-state index in [0.29, 0.717) is 0 Å². The molecule has 7 rings (SSSR count). The number of nitrogens with zero attached hydrogens (tertiary/aromatic N) is 1. The number of hydrogen-bond donors (Lipinski definition) is 0. The molecule has 0 fully saturated rings. The van der Waals surface area contributed by atoms with Gasteiger partial charge in [-0.25, -0.2) is 0 Å². The lowest BCUT2D eigenvalue weighted by atomic mass is 9.89. The molecule has 6 aromatic rings. The second kappa shape index (κ2) is 4.25. The van der Waals surface area contributed by atoms with E-state index < -0.39 is 0 Å². The van der Waals surface area contributed by atoms with Crippen LogP contribution in [-0.4, -0.2) is 11.4 Å². The summed E-state index contributed by atoms with van der Waals surface area (Å²) in [6, 6.07) is 18.7. The van der Waals surface area contributed by atoms with Crippen molar-refractivity contribution in [1.82, 2.24) is 4.90 Å². The summed E-state index contributed by atoms with van der Waals surface area (Å²) < 4.78 is 0. The van der Waals surface area contributed by atoms with Crippen LogP contribution in [0.2, 0.25) is 0 Å². The Morgan fingerprint density at radius 2 is 1.12 bits per heavy atom. The molecule has 0 bridgehead atoms. The van der Waals surface area contributed by atoms with Gasteiger partial charge in [0.15, 0.2) is 0 Å². The Morgan fingerprint density at radius 3 is 1.62 bits per heavy atom. The van der Waals surface area contributed by atoms with Gasteiger partial charge in [-0.3, -0.25) is 4.90 Å². The van der Waals surface area contributed by atoms with Gasteiger partial charge >= 0.3 is 0 Å². The van der Waals surface area contributed by atoms with E-state index in [4.69, 9.17) is 0 Å². The molecule has 0 aliphatic carbocycles. The summed E-state index contributed by atoms with van der Waals surface area (Å²) in [5.41, 5.74) is 2.95. The van der Waals surface area contributed by atoms with Gasteiger partial charge in [0.25, 0.3) is 0 Å². The molecular weight excluding hydrogens is 314 g/mol. The Labute approximate surface area is 151 Å². The number of rotatable bonds is 2. The molecule has 0 spiro atoms. The van der Waals surface area contributed by atoms with Crippen molar-refractivity contribution in [2.24, 2.45) is 0 Å². The van der Waals surface area contributed by atoms with E-state index in [9.17, 15) is 0 Å². The Kier molecular flexibility index (Phi) is 2.18. The molecule has 122 valence electrons. The minimum atomic E-state index is 0.940. The van der Waals surface area contributed by atoms with Crippen LogP contribution < -0.4 is 0 Å². The summed E-state index contributed by atoms with van der Waals surface area (Å²) in [7, 11) is 0. The molecule has 0 saturated heterocycles. The molecule has 26 heavy (non-hydrogen) atoms. The largest absolute Gasteiger partial charge is 0.291 e. The Balaban J connectivity index is 1.81. The van der Waals surface area contributed by atoms with Gasteiger partial charge in [0.2, 0.25) is 0 Å². The Bertz CT molecular complexity index is 1370. The maximum atomic E-state index is 3.94. The highest BCUT2D eigenvalue weighted by Crippen LogP contribution is 2.50. The van der Waals surface area contributed by atoms with Gasteiger partial charge in [0.05, 0.1) is 0 Å². The van der Waals surface area contributed by atoms with Crippen LogP contribution in [0.25, 0.3) is 53.9 Å². The highest BCUT2D eigenvalue weighted by Gasteiger charge is 2.26. The van der Waals surface area contributed by atoms with Crippen molar-refractivity contribution >= 4 is 53.9 Å². The second-order valence-electron chi connectivity index (χ2n) is 7.87. The smallest absolute Gasteiger partial charge is 0.0247 e. The number of benzene rings is 5. The van der Waals surface area contributed by atoms with Crippen LogP contribution >= 0.6 is 0 Å². The standard InChI is InChI=1S/C25H17N/c1-2-9-26-12-18-10-16-7-5-14-3-4-15-6-8-17-11-19(13-26)20(18)25-23(16)21(14)22(15)24(17)25/h2-8,10-11H,1,9,12-13H2. The van der Waals surface area contributed by atoms with E-state index in [0.717, 1.165) is 19.6 Å². The summed E-state index contributed by atoms with van der Waals surface area (Å²) in [6.07, 6.45) is 2.02. The number of hydrogen-bond acceptors (Lipinski definition) is 1. The first-order valence-electron chi connectivity index (χ1n) is 9.36. The maximum Gasteiger partial charge on any atom is 0.0247 e. The van der Waals surface area contributed by atoms with E-state index in [1.165, 1.54) is 65.0 Å². The van der Waals surface area contributed by atoms with Crippen LogP contribution in [0.3, 0.4) is 0 Å².